The SMILES string of the molecule is CCN(CCCn1ccnc1)CC(C)CN. The number of aromatic nitrogens is 2. The summed E-state index contributed by atoms with van der Waals surface area (Å²) in [5.74, 6) is 0.591. The van der Waals surface area contributed by atoms with Gasteiger partial charge in [-0.2, -0.15) is 0 Å². The maximum Gasteiger partial charge on any atom is 0.0945 e. The number of aryl methyl sites for hydroxylation is 1. The molecule has 1 aromatic rings. The lowest BCUT2D eigenvalue weighted by Crippen LogP contribution is -2.32. The maximum atomic E-state index is 5.64. The van der Waals surface area contributed by atoms with Gasteiger partial charge in [0.05, 0.1) is 6.33 Å². The van der Waals surface area contributed by atoms with Crippen molar-refractivity contribution in [2.45, 2.75) is 26.8 Å². The van der Waals surface area contributed by atoms with E-state index in [1.54, 1.807) is 0 Å². The molecule has 1 atom stereocenters. The van der Waals surface area contributed by atoms with E-state index in [-0.39, 0.29) is 0 Å². The molecule has 0 aliphatic carbocycles. The predicted octanol–water partition coefficient (Wildman–Crippen LogP) is 1.19. The van der Waals surface area contributed by atoms with Gasteiger partial charge < -0.3 is 15.2 Å². The van der Waals surface area contributed by atoms with Gasteiger partial charge in [-0.05, 0) is 32.0 Å². The summed E-state index contributed by atoms with van der Waals surface area (Å²) in [5, 5.41) is 0. The Morgan fingerprint density at radius 2 is 2.31 bits per heavy atom. The summed E-state index contributed by atoms with van der Waals surface area (Å²) in [4.78, 5) is 6.50. The van der Waals surface area contributed by atoms with Crippen LogP contribution in [0, 0.1) is 5.92 Å². The standard InChI is InChI=1S/C12H24N4/c1-3-15(10-12(2)9-13)6-4-7-16-8-5-14-11-16/h5,8,11-12H,3-4,6-7,9-10,13H2,1-2H3. The first-order chi connectivity index (χ1) is 7.76. The normalized spacial score (nSPS) is 13.2. The molecule has 0 aliphatic rings. The highest BCUT2D eigenvalue weighted by atomic mass is 15.1. The number of hydrogen-bond acceptors (Lipinski definition) is 3. The third-order valence-corrected chi connectivity index (χ3v) is 2.87. The van der Waals surface area contributed by atoms with Crippen LogP contribution in [0.1, 0.15) is 20.3 Å². The van der Waals surface area contributed by atoms with Crippen LogP contribution in [-0.4, -0.2) is 40.6 Å². The van der Waals surface area contributed by atoms with Crippen LogP contribution in [0.3, 0.4) is 0 Å². The molecule has 0 radical (unpaired) electrons. The minimum absolute atomic E-state index is 0.591. The van der Waals surface area contributed by atoms with Gasteiger partial charge in [-0.25, -0.2) is 4.98 Å². The predicted molar refractivity (Wildman–Crippen MR) is 67.2 cm³/mol. The summed E-state index contributed by atoms with van der Waals surface area (Å²) < 4.78 is 2.13. The lowest BCUT2D eigenvalue weighted by molar-refractivity contribution is 0.244. The van der Waals surface area contributed by atoms with Gasteiger partial charge in [0.2, 0.25) is 0 Å². The summed E-state index contributed by atoms with van der Waals surface area (Å²) in [6.45, 7) is 9.59. The van der Waals surface area contributed by atoms with E-state index in [9.17, 15) is 0 Å². The Kier molecular flexibility index (Phi) is 6.11. The lowest BCUT2D eigenvalue weighted by atomic mass is 10.1. The van der Waals surface area contributed by atoms with Crippen LogP contribution >= 0.6 is 0 Å². The topological polar surface area (TPSA) is 47.1 Å². The van der Waals surface area contributed by atoms with Crippen LogP contribution in [-0.2, 0) is 6.54 Å². The van der Waals surface area contributed by atoms with E-state index in [2.05, 4.69) is 28.3 Å². The van der Waals surface area contributed by atoms with Gasteiger partial charge in [-0.1, -0.05) is 13.8 Å². The second-order valence-electron chi connectivity index (χ2n) is 4.39. The van der Waals surface area contributed by atoms with Crippen molar-refractivity contribution in [3.05, 3.63) is 18.7 Å². The summed E-state index contributed by atoms with van der Waals surface area (Å²) in [6.07, 6.45) is 6.88. The third kappa shape index (κ3) is 4.77. The molecule has 0 aliphatic heterocycles. The molecule has 0 saturated heterocycles. The van der Waals surface area contributed by atoms with Crippen molar-refractivity contribution < 1.29 is 0 Å². The number of hydrogen-bond donors (Lipinski definition) is 1. The van der Waals surface area contributed by atoms with Gasteiger partial charge in [0, 0.05) is 25.5 Å². The first-order valence-electron chi connectivity index (χ1n) is 6.14. The summed E-state index contributed by atoms with van der Waals surface area (Å²) in [6, 6.07) is 0. The van der Waals surface area contributed by atoms with E-state index in [0.29, 0.717) is 5.92 Å². The van der Waals surface area contributed by atoms with E-state index in [1.807, 2.05) is 18.7 Å². The molecule has 1 unspecified atom stereocenters. The molecule has 16 heavy (non-hydrogen) atoms. The average Bonchev–Trinajstić information content (AvgIpc) is 2.80. The monoisotopic (exact) mass is 224 g/mol. The third-order valence-electron chi connectivity index (χ3n) is 2.87. The molecule has 92 valence electrons. The van der Waals surface area contributed by atoms with Gasteiger partial charge in [0.1, 0.15) is 0 Å². The number of imidazole rings is 1. The molecule has 4 nitrogen and oxygen atoms in total. The molecule has 2 N–H and O–H groups in total. The molecule has 4 heteroatoms. The molecule has 0 saturated carbocycles. The van der Waals surface area contributed by atoms with Gasteiger partial charge in [0.25, 0.3) is 0 Å². The highest BCUT2D eigenvalue weighted by Gasteiger charge is 2.06. The largest absolute Gasteiger partial charge is 0.337 e. The minimum Gasteiger partial charge on any atom is -0.337 e. The van der Waals surface area contributed by atoms with Crippen molar-refractivity contribution in [1.29, 1.82) is 0 Å². The fourth-order valence-electron chi connectivity index (χ4n) is 1.79. The molecular formula is C12H24N4. The Morgan fingerprint density at radius 1 is 1.50 bits per heavy atom. The van der Waals surface area contributed by atoms with E-state index in [1.165, 1.54) is 6.42 Å². The Morgan fingerprint density at radius 3 is 2.88 bits per heavy atom. The lowest BCUT2D eigenvalue weighted by Gasteiger charge is -2.23. The summed E-state index contributed by atoms with van der Waals surface area (Å²) in [5.41, 5.74) is 5.64. The fraction of sp³-hybridized carbons (Fsp3) is 0.750. The number of nitrogens with two attached hydrogens (primary N) is 1. The maximum absolute atomic E-state index is 5.64. The van der Waals surface area contributed by atoms with Crippen molar-refractivity contribution in [3.8, 4) is 0 Å². The van der Waals surface area contributed by atoms with Crippen molar-refractivity contribution in [3.63, 3.8) is 0 Å². The van der Waals surface area contributed by atoms with E-state index >= 15 is 0 Å². The zero-order valence-electron chi connectivity index (χ0n) is 10.5. The Labute approximate surface area is 98.5 Å². The zero-order chi connectivity index (χ0) is 11.8. The van der Waals surface area contributed by atoms with Gasteiger partial charge in [-0.15, -0.1) is 0 Å². The molecule has 1 heterocycles. The van der Waals surface area contributed by atoms with Crippen LogP contribution in [0.2, 0.25) is 0 Å². The number of rotatable bonds is 8. The fourth-order valence-corrected chi connectivity index (χ4v) is 1.79. The zero-order valence-corrected chi connectivity index (χ0v) is 10.5. The first kappa shape index (κ1) is 13.2. The van der Waals surface area contributed by atoms with Crippen molar-refractivity contribution in [2.24, 2.45) is 11.7 Å². The smallest absolute Gasteiger partial charge is 0.0945 e. The van der Waals surface area contributed by atoms with E-state index in [4.69, 9.17) is 5.73 Å². The highest BCUT2D eigenvalue weighted by Crippen LogP contribution is 2.00. The molecule has 0 fully saturated rings. The van der Waals surface area contributed by atoms with Gasteiger partial charge >= 0.3 is 0 Å². The van der Waals surface area contributed by atoms with Crippen molar-refractivity contribution in [1.82, 2.24) is 14.5 Å². The van der Waals surface area contributed by atoms with Crippen LogP contribution < -0.4 is 5.73 Å². The van der Waals surface area contributed by atoms with Gasteiger partial charge in [-0.3, -0.25) is 0 Å². The Bertz CT molecular complexity index is 258. The highest BCUT2D eigenvalue weighted by molar-refractivity contribution is 4.74. The van der Waals surface area contributed by atoms with Crippen LogP contribution in [0.15, 0.2) is 18.7 Å². The van der Waals surface area contributed by atoms with Crippen LogP contribution in [0.25, 0.3) is 0 Å². The molecule has 0 spiro atoms. The second kappa shape index (κ2) is 7.41. The first-order valence-corrected chi connectivity index (χ1v) is 6.14. The molecular weight excluding hydrogens is 200 g/mol. The minimum atomic E-state index is 0.591. The molecule has 0 bridgehead atoms. The molecule has 0 aromatic carbocycles. The number of nitrogens with zero attached hydrogens (tertiary/aromatic N) is 3. The molecule has 0 amide bonds. The average molecular weight is 224 g/mol. The Balaban J connectivity index is 2.18. The Hall–Kier alpha value is -0.870. The van der Waals surface area contributed by atoms with E-state index < -0.39 is 0 Å². The quantitative estimate of drug-likeness (QED) is 0.721. The summed E-state index contributed by atoms with van der Waals surface area (Å²) in [7, 11) is 0. The van der Waals surface area contributed by atoms with Crippen LogP contribution in [0.4, 0.5) is 0 Å². The van der Waals surface area contributed by atoms with E-state index in [0.717, 1.165) is 32.7 Å². The van der Waals surface area contributed by atoms with Crippen molar-refractivity contribution >= 4 is 0 Å². The van der Waals surface area contributed by atoms with Crippen LogP contribution in [0.5, 0.6) is 0 Å². The molecule has 1 aromatic heterocycles. The summed E-state index contributed by atoms with van der Waals surface area (Å²) >= 11 is 0. The van der Waals surface area contributed by atoms with Crippen molar-refractivity contribution in [2.75, 3.05) is 26.2 Å². The molecule has 1 rings (SSSR count). The van der Waals surface area contributed by atoms with Gasteiger partial charge in [0.15, 0.2) is 0 Å². The second-order valence-corrected chi connectivity index (χ2v) is 4.39.